The van der Waals surface area contributed by atoms with Gasteiger partial charge in [0.25, 0.3) is 0 Å². The molecule has 1 aliphatic rings. The van der Waals surface area contributed by atoms with E-state index in [2.05, 4.69) is 17.4 Å². The topological polar surface area (TPSA) is 38.0 Å². The van der Waals surface area contributed by atoms with Crippen LogP contribution in [0.25, 0.3) is 0 Å². The van der Waals surface area contributed by atoms with Gasteiger partial charge in [0.05, 0.1) is 0 Å². The van der Waals surface area contributed by atoms with Crippen molar-refractivity contribution in [3.05, 3.63) is 35.4 Å². The summed E-state index contributed by atoms with van der Waals surface area (Å²) in [6, 6.07) is 9.33. The highest BCUT2D eigenvalue weighted by Crippen LogP contribution is 2.31. The average Bonchev–Trinajstić information content (AvgIpc) is 2.31. The molecular formula is C12H19N2S. The van der Waals surface area contributed by atoms with Gasteiger partial charge in [0, 0.05) is 25.4 Å². The van der Waals surface area contributed by atoms with Crippen molar-refractivity contribution in [2.45, 2.75) is 12.3 Å². The van der Waals surface area contributed by atoms with Gasteiger partial charge in [-0.1, -0.05) is 12.1 Å². The third kappa shape index (κ3) is 2.97. The third-order valence-electron chi connectivity index (χ3n) is 2.87. The van der Waals surface area contributed by atoms with Gasteiger partial charge >= 0.3 is 0 Å². The second-order valence-corrected chi connectivity index (χ2v) is 6.48. The number of hydrogen-bond donors (Lipinski definition) is 3. The Bertz CT molecular complexity index is 308. The maximum absolute atomic E-state index is 5.73. The summed E-state index contributed by atoms with van der Waals surface area (Å²) < 4.78 is 0. The molecule has 2 nitrogen and oxygen atoms in total. The Balaban J connectivity index is 2.02. The highest BCUT2D eigenvalue weighted by molar-refractivity contribution is 8.16. The van der Waals surface area contributed by atoms with Crippen LogP contribution in [0.2, 0.25) is 0 Å². The van der Waals surface area contributed by atoms with Gasteiger partial charge in [0.15, 0.2) is 0 Å². The van der Waals surface area contributed by atoms with E-state index < -0.39 is 0 Å². The van der Waals surface area contributed by atoms with E-state index in [0.29, 0.717) is 6.54 Å². The molecule has 0 atom stereocenters. The lowest BCUT2D eigenvalue weighted by Crippen LogP contribution is -2.29. The molecule has 1 fully saturated rings. The molecule has 1 aliphatic heterocycles. The fourth-order valence-electron chi connectivity index (χ4n) is 1.95. The average molecular weight is 223 g/mol. The van der Waals surface area contributed by atoms with E-state index in [1.54, 1.807) is 0 Å². The van der Waals surface area contributed by atoms with Crippen LogP contribution in [-0.4, -0.2) is 24.6 Å². The predicted molar refractivity (Wildman–Crippen MR) is 68.5 cm³/mol. The van der Waals surface area contributed by atoms with E-state index in [9.17, 15) is 0 Å². The molecule has 1 radical (unpaired) electrons. The summed E-state index contributed by atoms with van der Waals surface area (Å²) in [6.07, 6.45) is 0. The minimum absolute atomic E-state index is 0.198. The molecule has 0 bridgehead atoms. The van der Waals surface area contributed by atoms with Crippen LogP contribution in [0.1, 0.15) is 11.1 Å². The Morgan fingerprint density at radius 1 is 1.33 bits per heavy atom. The van der Waals surface area contributed by atoms with Crippen molar-refractivity contribution in [2.24, 2.45) is 5.73 Å². The lowest BCUT2D eigenvalue weighted by atomic mass is 10.1. The molecule has 1 heterocycles. The van der Waals surface area contributed by atoms with Crippen molar-refractivity contribution in [3.63, 3.8) is 0 Å². The molecule has 1 saturated heterocycles. The van der Waals surface area contributed by atoms with Gasteiger partial charge in [-0.3, -0.25) is 0 Å². The van der Waals surface area contributed by atoms with Crippen LogP contribution in [0, 0.1) is 6.07 Å². The molecule has 3 heteroatoms. The predicted octanol–water partition coefficient (Wildman–Crippen LogP) is 1.05. The van der Waals surface area contributed by atoms with Crippen LogP contribution in [0.4, 0.5) is 0 Å². The van der Waals surface area contributed by atoms with Crippen LogP contribution in [0.3, 0.4) is 0 Å². The first kappa shape index (κ1) is 11.0. The Hall–Kier alpha value is -0.510. The standard InChI is InChI=1S/C12H19N2S/c13-9-11-3-1-2-4-12(11)10-15-7-5-14-6-8-15/h2-4,14-15H,5-10,13H2. The molecule has 15 heavy (non-hydrogen) atoms. The Morgan fingerprint density at radius 3 is 2.87 bits per heavy atom. The first-order chi connectivity index (χ1) is 7.40. The van der Waals surface area contributed by atoms with Crippen molar-refractivity contribution < 1.29 is 0 Å². The van der Waals surface area contributed by atoms with Crippen LogP contribution in [0.15, 0.2) is 18.2 Å². The summed E-state index contributed by atoms with van der Waals surface area (Å²) in [5, 5.41) is 3.41. The van der Waals surface area contributed by atoms with Crippen LogP contribution in [-0.2, 0) is 12.3 Å². The molecule has 0 unspecified atom stereocenters. The normalized spacial score (nSPS) is 19.1. The quantitative estimate of drug-likeness (QED) is 0.670. The number of hydrogen-bond acceptors (Lipinski definition) is 2. The second kappa shape index (κ2) is 5.54. The van der Waals surface area contributed by atoms with E-state index in [0.717, 1.165) is 0 Å². The monoisotopic (exact) mass is 223 g/mol. The largest absolute Gasteiger partial charge is 0.326 e. The molecule has 1 aromatic carbocycles. The van der Waals surface area contributed by atoms with Crippen LogP contribution < -0.4 is 11.1 Å². The molecule has 83 valence electrons. The molecule has 0 aliphatic carbocycles. The van der Waals surface area contributed by atoms with Crippen molar-refractivity contribution in [1.29, 1.82) is 0 Å². The van der Waals surface area contributed by atoms with Gasteiger partial charge in [-0.05, 0) is 34.8 Å². The number of thiol groups is 1. The van der Waals surface area contributed by atoms with E-state index in [1.165, 1.54) is 41.5 Å². The maximum Gasteiger partial charge on any atom is 0.0181 e. The summed E-state index contributed by atoms with van der Waals surface area (Å²) in [7, 11) is 0.198. The number of rotatable bonds is 3. The first-order valence-electron chi connectivity index (χ1n) is 5.51. The molecule has 1 aromatic rings. The first-order valence-corrected chi connectivity index (χ1v) is 7.41. The van der Waals surface area contributed by atoms with E-state index >= 15 is 0 Å². The van der Waals surface area contributed by atoms with E-state index in [-0.39, 0.29) is 10.9 Å². The van der Waals surface area contributed by atoms with Crippen molar-refractivity contribution in [3.8, 4) is 0 Å². The van der Waals surface area contributed by atoms with Crippen molar-refractivity contribution in [1.82, 2.24) is 5.32 Å². The van der Waals surface area contributed by atoms with Gasteiger partial charge in [0.1, 0.15) is 0 Å². The van der Waals surface area contributed by atoms with E-state index in [1.807, 2.05) is 12.1 Å². The number of nitrogens with two attached hydrogens (primary N) is 1. The smallest absolute Gasteiger partial charge is 0.0181 e. The van der Waals surface area contributed by atoms with Gasteiger partial charge in [0.2, 0.25) is 0 Å². The van der Waals surface area contributed by atoms with Gasteiger partial charge in [-0.25, -0.2) is 10.9 Å². The fourth-order valence-corrected chi connectivity index (χ4v) is 4.23. The minimum Gasteiger partial charge on any atom is -0.326 e. The van der Waals surface area contributed by atoms with E-state index in [4.69, 9.17) is 5.73 Å². The molecule has 0 amide bonds. The van der Waals surface area contributed by atoms with Gasteiger partial charge < -0.3 is 11.1 Å². The summed E-state index contributed by atoms with van der Waals surface area (Å²) >= 11 is 0. The van der Waals surface area contributed by atoms with Gasteiger partial charge in [-0.2, -0.15) is 0 Å². The summed E-state index contributed by atoms with van der Waals surface area (Å²) in [5.41, 5.74) is 8.46. The van der Waals surface area contributed by atoms with Crippen molar-refractivity contribution in [2.75, 3.05) is 24.6 Å². The lowest BCUT2D eigenvalue weighted by molar-refractivity contribution is 0.751. The Morgan fingerprint density at radius 2 is 2.13 bits per heavy atom. The molecule has 2 rings (SSSR count). The SMILES string of the molecule is NCc1c[c]ccc1C[SH]1CCNCC1. The molecule has 3 N–H and O–H groups in total. The Kier molecular flexibility index (Phi) is 4.06. The lowest BCUT2D eigenvalue weighted by Gasteiger charge is -2.27. The zero-order chi connectivity index (χ0) is 10.5. The zero-order valence-electron chi connectivity index (χ0n) is 9.00. The summed E-state index contributed by atoms with van der Waals surface area (Å²) in [6.45, 7) is 3.04. The number of nitrogens with one attached hydrogen (secondary N) is 1. The number of benzene rings is 1. The van der Waals surface area contributed by atoms with Crippen molar-refractivity contribution >= 4 is 10.9 Å². The fraction of sp³-hybridized carbons (Fsp3) is 0.500. The van der Waals surface area contributed by atoms with Crippen LogP contribution in [0.5, 0.6) is 0 Å². The summed E-state index contributed by atoms with van der Waals surface area (Å²) in [5.74, 6) is 3.97. The zero-order valence-corrected chi connectivity index (χ0v) is 9.89. The molecular weight excluding hydrogens is 204 g/mol. The molecule has 0 spiro atoms. The Labute approximate surface area is 94.6 Å². The summed E-state index contributed by atoms with van der Waals surface area (Å²) in [4.78, 5) is 0. The molecule has 0 aromatic heterocycles. The van der Waals surface area contributed by atoms with Gasteiger partial charge in [-0.15, -0.1) is 0 Å². The molecule has 0 saturated carbocycles. The second-order valence-electron chi connectivity index (χ2n) is 3.93. The highest BCUT2D eigenvalue weighted by Gasteiger charge is 2.10. The maximum atomic E-state index is 5.73. The van der Waals surface area contributed by atoms with Crippen LogP contribution >= 0.6 is 10.9 Å². The highest BCUT2D eigenvalue weighted by atomic mass is 32.2. The minimum atomic E-state index is 0.198. The third-order valence-corrected chi connectivity index (χ3v) is 5.37.